The maximum Gasteiger partial charge on any atom is 0.175 e. The molecule has 0 saturated carbocycles. The highest BCUT2D eigenvalue weighted by Crippen LogP contribution is 2.31. The molecule has 0 spiro atoms. The fourth-order valence-corrected chi connectivity index (χ4v) is 4.24. The number of amidine groups is 1. The Bertz CT molecular complexity index is 1130. The van der Waals surface area contributed by atoms with E-state index in [-0.39, 0.29) is 6.04 Å². The third kappa shape index (κ3) is 2.88. The standard InChI is InChI=1S/C21H21N7O/c1-2-14-11-24-27-16(14)9-13(1)18-12-28-7-5-23-21(28)20(26-18)25-15-3-4-19-17(10-15)22-6-8-29-19/h1-5,7,10-11,13,18,22H,6,8-9,12H2,(H,24,27)(H,25,26). The number of fused-ring (bicyclic) bond motifs is 3. The van der Waals surface area contributed by atoms with E-state index in [9.17, 15) is 0 Å². The van der Waals surface area contributed by atoms with Gasteiger partial charge in [0.1, 0.15) is 12.4 Å². The van der Waals surface area contributed by atoms with Crippen molar-refractivity contribution in [2.45, 2.75) is 19.0 Å². The number of aromatic nitrogens is 4. The third-order valence-electron chi connectivity index (χ3n) is 5.73. The Morgan fingerprint density at radius 1 is 1.28 bits per heavy atom. The van der Waals surface area contributed by atoms with Crippen molar-refractivity contribution in [3.05, 3.63) is 59.9 Å². The molecule has 3 N–H and O–H groups in total. The summed E-state index contributed by atoms with van der Waals surface area (Å²) in [6, 6.07) is 6.19. The van der Waals surface area contributed by atoms with E-state index < -0.39 is 0 Å². The van der Waals surface area contributed by atoms with Crippen LogP contribution in [0.15, 0.2) is 47.9 Å². The van der Waals surface area contributed by atoms with Crippen LogP contribution in [-0.4, -0.2) is 44.8 Å². The highest BCUT2D eigenvalue weighted by molar-refractivity contribution is 6.06. The molecule has 4 heterocycles. The van der Waals surface area contributed by atoms with Crippen LogP contribution in [0.2, 0.25) is 0 Å². The summed E-state index contributed by atoms with van der Waals surface area (Å²) in [4.78, 5) is 9.59. The van der Waals surface area contributed by atoms with Crippen molar-refractivity contribution in [3.63, 3.8) is 0 Å². The second-order valence-electron chi connectivity index (χ2n) is 7.59. The first-order valence-electron chi connectivity index (χ1n) is 9.91. The van der Waals surface area contributed by atoms with Crippen molar-refractivity contribution < 1.29 is 4.74 Å². The Labute approximate surface area is 167 Å². The smallest absolute Gasteiger partial charge is 0.175 e. The molecule has 29 heavy (non-hydrogen) atoms. The van der Waals surface area contributed by atoms with Crippen molar-refractivity contribution in [2.75, 3.05) is 23.8 Å². The van der Waals surface area contributed by atoms with Crippen LogP contribution in [0.3, 0.4) is 0 Å². The predicted molar refractivity (Wildman–Crippen MR) is 111 cm³/mol. The second-order valence-corrected chi connectivity index (χ2v) is 7.59. The minimum absolute atomic E-state index is 0.131. The van der Waals surface area contributed by atoms with Gasteiger partial charge in [0.15, 0.2) is 11.7 Å². The van der Waals surface area contributed by atoms with Crippen LogP contribution in [-0.2, 0) is 13.0 Å². The average Bonchev–Trinajstić information content (AvgIpc) is 3.42. The molecule has 1 aliphatic carbocycles. The van der Waals surface area contributed by atoms with E-state index in [1.165, 1.54) is 11.3 Å². The highest BCUT2D eigenvalue weighted by Gasteiger charge is 2.29. The Morgan fingerprint density at radius 2 is 2.28 bits per heavy atom. The number of rotatable bonds is 2. The summed E-state index contributed by atoms with van der Waals surface area (Å²) >= 11 is 0. The summed E-state index contributed by atoms with van der Waals surface area (Å²) < 4.78 is 7.85. The van der Waals surface area contributed by atoms with Crippen LogP contribution < -0.4 is 15.4 Å². The number of aromatic amines is 1. The third-order valence-corrected chi connectivity index (χ3v) is 5.73. The molecule has 3 aromatic rings. The number of nitrogens with zero attached hydrogens (tertiary/aromatic N) is 4. The summed E-state index contributed by atoms with van der Waals surface area (Å²) in [6.07, 6.45) is 11.0. The maximum absolute atomic E-state index is 5.68. The number of hydrogen-bond donors (Lipinski definition) is 3. The molecule has 2 atom stereocenters. The number of ether oxygens (including phenoxy) is 1. The predicted octanol–water partition coefficient (Wildman–Crippen LogP) is 2.54. The molecule has 0 saturated heterocycles. The molecule has 8 heteroatoms. The molecule has 3 aliphatic rings. The van der Waals surface area contributed by atoms with Crippen LogP contribution in [0, 0.1) is 5.92 Å². The normalized spacial score (nSPS) is 21.9. The fourth-order valence-electron chi connectivity index (χ4n) is 4.24. The number of H-pyrrole nitrogens is 1. The fraction of sp³-hybridized carbons (Fsp3) is 0.286. The number of benzene rings is 1. The van der Waals surface area contributed by atoms with Crippen molar-refractivity contribution in [1.82, 2.24) is 19.7 Å². The van der Waals surface area contributed by atoms with Crippen molar-refractivity contribution in [3.8, 4) is 5.75 Å². The van der Waals surface area contributed by atoms with Gasteiger partial charge >= 0.3 is 0 Å². The lowest BCUT2D eigenvalue weighted by molar-refractivity contribution is 0.323. The molecule has 0 bridgehead atoms. The minimum atomic E-state index is 0.131. The molecule has 8 nitrogen and oxygen atoms in total. The largest absolute Gasteiger partial charge is 0.490 e. The molecular weight excluding hydrogens is 366 g/mol. The van der Waals surface area contributed by atoms with Gasteiger partial charge in [-0.05, 0) is 24.6 Å². The quantitative estimate of drug-likeness (QED) is 0.629. The Morgan fingerprint density at radius 3 is 3.28 bits per heavy atom. The van der Waals surface area contributed by atoms with Gasteiger partial charge in [-0.2, -0.15) is 5.10 Å². The monoisotopic (exact) mass is 387 g/mol. The summed E-state index contributed by atoms with van der Waals surface area (Å²) in [5.74, 6) is 2.86. The molecule has 6 rings (SSSR count). The molecular formula is C21H21N7O. The molecule has 2 aromatic heterocycles. The van der Waals surface area contributed by atoms with E-state index in [0.717, 1.165) is 48.3 Å². The van der Waals surface area contributed by atoms with E-state index in [1.807, 2.05) is 30.7 Å². The van der Waals surface area contributed by atoms with Crippen LogP contribution in [0.1, 0.15) is 17.1 Å². The zero-order valence-electron chi connectivity index (χ0n) is 15.8. The van der Waals surface area contributed by atoms with E-state index >= 15 is 0 Å². The molecule has 1 aromatic carbocycles. The Kier molecular flexibility index (Phi) is 3.68. The van der Waals surface area contributed by atoms with Crippen LogP contribution in [0.4, 0.5) is 11.4 Å². The zero-order valence-corrected chi connectivity index (χ0v) is 15.8. The maximum atomic E-state index is 5.68. The van der Waals surface area contributed by atoms with E-state index in [4.69, 9.17) is 9.73 Å². The topological polar surface area (TPSA) is 92.1 Å². The Hall–Kier alpha value is -3.55. The molecule has 146 valence electrons. The van der Waals surface area contributed by atoms with E-state index in [0.29, 0.717) is 12.5 Å². The lowest BCUT2D eigenvalue weighted by Crippen LogP contribution is -2.35. The van der Waals surface area contributed by atoms with Gasteiger partial charge in [0.25, 0.3) is 0 Å². The van der Waals surface area contributed by atoms with Gasteiger partial charge < -0.3 is 19.9 Å². The van der Waals surface area contributed by atoms with Gasteiger partial charge in [0.2, 0.25) is 0 Å². The first-order valence-corrected chi connectivity index (χ1v) is 9.91. The SMILES string of the molecule is C1=CC(C2Cn3ccnc3C(Nc3ccc4c(c3)NCCO4)=N2)Cc2[nH]ncc21. The average molecular weight is 387 g/mol. The Balaban J connectivity index is 1.30. The van der Waals surface area contributed by atoms with Crippen molar-refractivity contribution >= 4 is 23.3 Å². The van der Waals surface area contributed by atoms with Gasteiger partial charge in [0.05, 0.1) is 17.9 Å². The highest BCUT2D eigenvalue weighted by atomic mass is 16.5. The van der Waals surface area contributed by atoms with Gasteiger partial charge in [-0.1, -0.05) is 12.2 Å². The summed E-state index contributed by atoms with van der Waals surface area (Å²) in [7, 11) is 0. The molecule has 2 unspecified atom stereocenters. The minimum Gasteiger partial charge on any atom is -0.490 e. The van der Waals surface area contributed by atoms with Gasteiger partial charge in [-0.25, -0.2) is 4.98 Å². The first-order chi connectivity index (χ1) is 14.3. The van der Waals surface area contributed by atoms with Gasteiger partial charge in [0, 0.05) is 48.3 Å². The summed E-state index contributed by atoms with van der Waals surface area (Å²) in [5, 5.41) is 14.1. The zero-order chi connectivity index (χ0) is 19.2. The molecule has 0 fully saturated rings. The van der Waals surface area contributed by atoms with Gasteiger partial charge in [-0.3, -0.25) is 10.1 Å². The lowest BCUT2D eigenvalue weighted by Gasteiger charge is -2.29. The second kappa shape index (κ2) is 6.51. The number of nitrogens with one attached hydrogen (secondary N) is 3. The molecule has 2 aliphatic heterocycles. The number of anilines is 2. The van der Waals surface area contributed by atoms with Crippen molar-refractivity contribution in [2.24, 2.45) is 10.9 Å². The molecule has 0 radical (unpaired) electrons. The van der Waals surface area contributed by atoms with Crippen LogP contribution in [0.5, 0.6) is 5.75 Å². The number of hydrogen-bond acceptors (Lipinski definition) is 6. The number of aliphatic imine (C=N–C) groups is 1. The van der Waals surface area contributed by atoms with Crippen molar-refractivity contribution in [1.29, 1.82) is 0 Å². The van der Waals surface area contributed by atoms with Gasteiger partial charge in [-0.15, -0.1) is 0 Å². The summed E-state index contributed by atoms with van der Waals surface area (Å²) in [6.45, 7) is 2.32. The van der Waals surface area contributed by atoms with Crippen LogP contribution in [0.25, 0.3) is 6.08 Å². The first kappa shape index (κ1) is 16.4. The molecule has 0 amide bonds. The van der Waals surface area contributed by atoms with E-state index in [1.54, 1.807) is 0 Å². The van der Waals surface area contributed by atoms with E-state index in [2.05, 4.69) is 48.6 Å². The lowest BCUT2D eigenvalue weighted by atomic mass is 9.88. The summed E-state index contributed by atoms with van der Waals surface area (Å²) in [5.41, 5.74) is 4.32. The van der Waals surface area contributed by atoms with Crippen LogP contribution >= 0.6 is 0 Å². The number of imidazole rings is 1.